The van der Waals surface area contributed by atoms with E-state index in [1.807, 2.05) is 0 Å². The first-order valence-corrected chi connectivity index (χ1v) is 6.07. The number of hydrogen-bond acceptors (Lipinski definition) is 6. The molecule has 0 aliphatic carbocycles. The van der Waals surface area contributed by atoms with Crippen molar-refractivity contribution in [3.8, 4) is 5.75 Å². The Kier molecular flexibility index (Phi) is 4.56. The smallest absolute Gasteiger partial charge is 0.258 e. The molecule has 1 heterocycles. The van der Waals surface area contributed by atoms with Gasteiger partial charge in [-0.05, 0) is 24.3 Å². The molecular weight excluding hydrogens is 280 g/mol. The minimum atomic E-state index is -0.284. The second-order valence-electron chi connectivity index (χ2n) is 3.78. The summed E-state index contributed by atoms with van der Waals surface area (Å²) in [4.78, 5) is 11.8. The van der Waals surface area contributed by atoms with Crippen molar-refractivity contribution in [2.75, 3.05) is 6.61 Å². The van der Waals surface area contributed by atoms with E-state index in [0.29, 0.717) is 16.6 Å². The van der Waals surface area contributed by atoms with Gasteiger partial charge in [-0.3, -0.25) is 4.79 Å². The van der Waals surface area contributed by atoms with E-state index in [2.05, 4.69) is 25.9 Å². The number of carbonyl (C=O) groups excluding carboxylic acids is 1. The summed E-state index contributed by atoms with van der Waals surface area (Å²) in [6, 6.07) is 6.85. The lowest BCUT2D eigenvalue weighted by Gasteiger charge is -2.06. The van der Waals surface area contributed by atoms with Gasteiger partial charge in [0.1, 0.15) is 10.7 Å². The van der Waals surface area contributed by atoms with Crippen LogP contribution in [0.15, 0.2) is 24.3 Å². The van der Waals surface area contributed by atoms with Crippen LogP contribution in [0.1, 0.15) is 11.4 Å². The summed E-state index contributed by atoms with van der Waals surface area (Å²) in [5, 5.41) is 15.7. The van der Waals surface area contributed by atoms with Crippen LogP contribution in [0.25, 0.3) is 0 Å². The molecule has 20 heavy (non-hydrogen) atoms. The van der Waals surface area contributed by atoms with Crippen LogP contribution in [0, 0.1) is 0 Å². The second kappa shape index (κ2) is 6.57. The van der Waals surface area contributed by atoms with Crippen molar-refractivity contribution in [1.29, 1.82) is 0 Å². The van der Waals surface area contributed by atoms with Crippen molar-refractivity contribution in [1.82, 2.24) is 25.9 Å². The first-order valence-electron chi connectivity index (χ1n) is 5.67. The van der Waals surface area contributed by atoms with Crippen molar-refractivity contribution >= 4 is 23.1 Å². The van der Waals surface area contributed by atoms with Crippen LogP contribution < -0.4 is 15.8 Å². The van der Waals surface area contributed by atoms with Gasteiger partial charge in [0.15, 0.2) is 12.4 Å². The number of nitrogens with one attached hydrogen (secondary N) is 2. The summed E-state index contributed by atoms with van der Waals surface area (Å²) >= 11 is 4.84. The predicted octanol–water partition coefficient (Wildman–Crippen LogP) is -0.471. The number of ether oxygens (including phenoxy) is 1. The van der Waals surface area contributed by atoms with Crippen LogP contribution in [-0.2, 0) is 11.3 Å². The molecule has 9 heteroatoms. The Hall–Kier alpha value is -2.55. The van der Waals surface area contributed by atoms with Crippen LogP contribution >= 0.6 is 12.2 Å². The first-order chi connectivity index (χ1) is 9.65. The summed E-state index contributed by atoms with van der Waals surface area (Å²) < 4.78 is 5.31. The molecule has 0 aliphatic rings. The molecule has 8 nitrogen and oxygen atoms in total. The maximum Gasteiger partial charge on any atom is 0.258 e. The van der Waals surface area contributed by atoms with Crippen molar-refractivity contribution in [3.05, 3.63) is 35.7 Å². The number of rotatable bonds is 6. The summed E-state index contributed by atoms with van der Waals surface area (Å²) in [5.74, 6) is 0.673. The summed E-state index contributed by atoms with van der Waals surface area (Å²) in [7, 11) is 0. The largest absolute Gasteiger partial charge is 0.484 e. The molecule has 1 aromatic heterocycles. The van der Waals surface area contributed by atoms with E-state index >= 15 is 0 Å². The number of benzene rings is 1. The number of nitrogens with zero attached hydrogens (tertiary/aromatic N) is 3. The van der Waals surface area contributed by atoms with Gasteiger partial charge in [-0.25, -0.2) is 0 Å². The van der Waals surface area contributed by atoms with Gasteiger partial charge in [0, 0.05) is 5.56 Å². The molecule has 4 N–H and O–H groups in total. The zero-order chi connectivity index (χ0) is 14.4. The van der Waals surface area contributed by atoms with E-state index in [1.54, 1.807) is 24.3 Å². The summed E-state index contributed by atoms with van der Waals surface area (Å²) in [5.41, 5.74) is 6.22. The number of thiocarbonyl (C=S) groups is 1. The van der Waals surface area contributed by atoms with E-state index < -0.39 is 0 Å². The predicted molar refractivity (Wildman–Crippen MR) is 73.8 cm³/mol. The average Bonchev–Trinajstić information content (AvgIpc) is 2.96. The number of nitrogens with two attached hydrogens (primary N) is 1. The van der Waals surface area contributed by atoms with Gasteiger partial charge >= 0.3 is 0 Å². The SMILES string of the molecule is NC(=S)c1ccc(OCC(=O)NCc2nn[nH]n2)cc1. The number of aromatic amines is 1. The third-order valence-corrected chi connectivity index (χ3v) is 2.58. The van der Waals surface area contributed by atoms with Gasteiger partial charge in [0.2, 0.25) is 0 Å². The molecule has 2 rings (SSSR count). The monoisotopic (exact) mass is 292 g/mol. The molecule has 0 bridgehead atoms. The molecule has 1 aromatic carbocycles. The van der Waals surface area contributed by atoms with E-state index in [1.165, 1.54) is 0 Å². The fraction of sp³-hybridized carbons (Fsp3) is 0.182. The third-order valence-electron chi connectivity index (χ3n) is 2.34. The Balaban J connectivity index is 1.76. The molecule has 0 spiro atoms. The van der Waals surface area contributed by atoms with Crippen LogP contribution in [0.2, 0.25) is 0 Å². The number of amides is 1. The summed E-state index contributed by atoms with van der Waals surface area (Å²) in [6.45, 7) is 0.0867. The zero-order valence-electron chi connectivity index (χ0n) is 10.4. The minimum Gasteiger partial charge on any atom is -0.484 e. The Morgan fingerprint density at radius 1 is 1.40 bits per heavy atom. The fourth-order valence-corrected chi connectivity index (χ4v) is 1.49. The van der Waals surface area contributed by atoms with Crippen LogP contribution in [0.3, 0.4) is 0 Å². The molecular formula is C11H12N6O2S. The van der Waals surface area contributed by atoms with Crippen molar-refractivity contribution < 1.29 is 9.53 Å². The second-order valence-corrected chi connectivity index (χ2v) is 4.22. The Labute approximate surface area is 119 Å². The van der Waals surface area contributed by atoms with E-state index in [9.17, 15) is 4.79 Å². The quantitative estimate of drug-likeness (QED) is 0.616. The fourth-order valence-electron chi connectivity index (χ4n) is 1.35. The zero-order valence-corrected chi connectivity index (χ0v) is 11.2. The summed E-state index contributed by atoms with van der Waals surface area (Å²) in [6.07, 6.45) is 0. The van der Waals surface area contributed by atoms with Gasteiger partial charge in [0.25, 0.3) is 5.91 Å². The van der Waals surface area contributed by atoms with Crippen LogP contribution in [0.5, 0.6) is 5.75 Å². The number of hydrogen-bond donors (Lipinski definition) is 3. The van der Waals surface area contributed by atoms with Gasteiger partial charge in [-0.15, -0.1) is 10.2 Å². The normalized spacial score (nSPS) is 10.0. The van der Waals surface area contributed by atoms with Gasteiger partial charge in [0.05, 0.1) is 6.54 Å². The van der Waals surface area contributed by atoms with Crippen molar-refractivity contribution in [3.63, 3.8) is 0 Å². The lowest BCUT2D eigenvalue weighted by atomic mass is 10.2. The molecule has 104 valence electrons. The molecule has 0 aliphatic heterocycles. The number of tetrazole rings is 1. The molecule has 0 saturated heterocycles. The molecule has 0 saturated carbocycles. The maximum absolute atomic E-state index is 11.5. The van der Waals surface area contributed by atoms with E-state index in [0.717, 1.165) is 5.56 Å². The highest BCUT2D eigenvalue weighted by atomic mass is 32.1. The molecule has 0 atom stereocenters. The van der Waals surface area contributed by atoms with E-state index in [-0.39, 0.29) is 19.1 Å². The first kappa shape index (κ1) is 13.9. The standard InChI is InChI=1S/C11H12N6O2S/c12-11(20)7-1-3-8(4-2-7)19-6-10(18)13-5-9-14-16-17-15-9/h1-4H,5-6H2,(H2,12,20)(H,13,18)(H,14,15,16,17). The van der Waals surface area contributed by atoms with Gasteiger partial charge in [-0.2, -0.15) is 5.21 Å². The Morgan fingerprint density at radius 2 is 2.15 bits per heavy atom. The highest BCUT2D eigenvalue weighted by molar-refractivity contribution is 7.80. The number of H-pyrrole nitrogens is 1. The molecule has 0 radical (unpaired) electrons. The highest BCUT2D eigenvalue weighted by Gasteiger charge is 2.05. The van der Waals surface area contributed by atoms with Crippen molar-refractivity contribution in [2.24, 2.45) is 5.73 Å². The van der Waals surface area contributed by atoms with Gasteiger partial charge < -0.3 is 15.8 Å². The topological polar surface area (TPSA) is 119 Å². The van der Waals surface area contributed by atoms with Gasteiger partial charge in [-0.1, -0.05) is 17.4 Å². The average molecular weight is 292 g/mol. The lowest BCUT2D eigenvalue weighted by Crippen LogP contribution is -2.28. The Morgan fingerprint density at radius 3 is 2.75 bits per heavy atom. The molecule has 1 amide bonds. The molecule has 0 fully saturated rings. The highest BCUT2D eigenvalue weighted by Crippen LogP contribution is 2.11. The number of aromatic nitrogens is 4. The lowest BCUT2D eigenvalue weighted by molar-refractivity contribution is -0.123. The van der Waals surface area contributed by atoms with E-state index in [4.69, 9.17) is 22.7 Å². The minimum absolute atomic E-state index is 0.107. The maximum atomic E-state index is 11.5. The Bertz CT molecular complexity index is 583. The number of carbonyl (C=O) groups is 1. The molecule has 0 unspecified atom stereocenters. The molecule has 2 aromatic rings. The third kappa shape index (κ3) is 3.99. The van der Waals surface area contributed by atoms with Crippen LogP contribution in [0.4, 0.5) is 0 Å². The van der Waals surface area contributed by atoms with Crippen molar-refractivity contribution in [2.45, 2.75) is 6.54 Å². The van der Waals surface area contributed by atoms with Crippen LogP contribution in [-0.4, -0.2) is 38.1 Å².